The Morgan fingerprint density at radius 2 is 2.39 bits per heavy atom. The molecular formula is C10H9FN4O3. The number of aryl methyl sites for hydroxylation is 1. The Morgan fingerprint density at radius 3 is 3.06 bits per heavy atom. The lowest BCUT2D eigenvalue weighted by molar-refractivity contribution is -0.139. The average molecular weight is 252 g/mol. The Hall–Kier alpha value is -2.51. The minimum atomic E-state index is -1.13. The molecule has 8 heteroatoms. The van der Waals surface area contributed by atoms with Crippen molar-refractivity contribution in [2.45, 2.75) is 0 Å². The Bertz CT molecular complexity index is 584. The third kappa shape index (κ3) is 2.59. The van der Waals surface area contributed by atoms with Crippen molar-refractivity contribution in [3.05, 3.63) is 24.1 Å². The van der Waals surface area contributed by atoms with Gasteiger partial charge in [-0.15, -0.1) is 5.10 Å². The van der Waals surface area contributed by atoms with E-state index >= 15 is 0 Å². The number of carboxylic acids is 1. The Morgan fingerprint density at radius 1 is 1.61 bits per heavy atom. The topological polar surface area (TPSA) is 90.1 Å². The number of aliphatic carboxylic acids is 1. The van der Waals surface area contributed by atoms with E-state index in [-0.39, 0.29) is 17.5 Å². The van der Waals surface area contributed by atoms with E-state index in [0.29, 0.717) is 0 Å². The maximum absolute atomic E-state index is 13.0. The molecule has 0 aromatic carbocycles. The minimum Gasteiger partial charge on any atom is -0.479 e. The Labute approximate surface area is 101 Å². The molecule has 2 aromatic rings. The Balaban J connectivity index is 2.26. The lowest BCUT2D eigenvalue weighted by Crippen LogP contribution is -2.10. The van der Waals surface area contributed by atoms with Gasteiger partial charge < -0.3 is 9.84 Å². The molecule has 0 radical (unpaired) electrons. The van der Waals surface area contributed by atoms with Gasteiger partial charge in [-0.25, -0.2) is 13.9 Å². The summed E-state index contributed by atoms with van der Waals surface area (Å²) in [6, 6.07) is 2.31. The maximum Gasteiger partial charge on any atom is 0.341 e. The number of hydrogen-bond acceptors (Lipinski definition) is 5. The third-order valence-electron chi connectivity index (χ3n) is 2.02. The quantitative estimate of drug-likeness (QED) is 0.851. The predicted octanol–water partition coefficient (Wildman–Crippen LogP) is 0.480. The number of aromatic nitrogens is 4. The molecule has 2 aromatic heterocycles. The number of nitrogens with zero attached hydrogens (tertiary/aromatic N) is 4. The van der Waals surface area contributed by atoms with E-state index in [1.807, 2.05) is 0 Å². The van der Waals surface area contributed by atoms with Gasteiger partial charge in [0.15, 0.2) is 12.4 Å². The van der Waals surface area contributed by atoms with E-state index in [4.69, 9.17) is 9.84 Å². The molecule has 18 heavy (non-hydrogen) atoms. The molecule has 0 saturated carbocycles. The van der Waals surface area contributed by atoms with Crippen LogP contribution in [-0.4, -0.2) is 37.4 Å². The standard InChI is InChI=1S/C10H9FN4O3/c1-15-9(7-4-6(11)2-3-12-7)13-10(14-15)18-5-8(16)17/h2-4H,5H2,1H3,(H,16,17). The average Bonchev–Trinajstić information content (AvgIpc) is 2.68. The zero-order valence-corrected chi connectivity index (χ0v) is 9.37. The van der Waals surface area contributed by atoms with Gasteiger partial charge >= 0.3 is 12.0 Å². The molecule has 0 aliphatic heterocycles. The lowest BCUT2D eigenvalue weighted by Gasteiger charge is -1.97. The van der Waals surface area contributed by atoms with E-state index in [1.165, 1.54) is 23.0 Å². The smallest absolute Gasteiger partial charge is 0.341 e. The van der Waals surface area contributed by atoms with Crippen LogP contribution < -0.4 is 4.74 Å². The second-order valence-corrected chi connectivity index (χ2v) is 3.38. The van der Waals surface area contributed by atoms with Gasteiger partial charge in [0, 0.05) is 19.3 Å². The van der Waals surface area contributed by atoms with Crippen LogP contribution in [-0.2, 0) is 11.8 Å². The minimum absolute atomic E-state index is 0.0963. The molecule has 0 aliphatic carbocycles. The predicted molar refractivity (Wildman–Crippen MR) is 57.3 cm³/mol. The van der Waals surface area contributed by atoms with Crippen molar-refractivity contribution in [2.24, 2.45) is 7.05 Å². The summed E-state index contributed by atoms with van der Waals surface area (Å²) in [5, 5.41) is 12.3. The fourth-order valence-corrected chi connectivity index (χ4v) is 1.30. The molecule has 0 amide bonds. The van der Waals surface area contributed by atoms with Crippen LogP contribution in [0.2, 0.25) is 0 Å². The van der Waals surface area contributed by atoms with Crippen LogP contribution in [0.15, 0.2) is 18.3 Å². The molecule has 2 rings (SSSR count). The first kappa shape index (κ1) is 12.0. The lowest BCUT2D eigenvalue weighted by atomic mass is 10.3. The fourth-order valence-electron chi connectivity index (χ4n) is 1.30. The molecule has 0 aliphatic rings. The second-order valence-electron chi connectivity index (χ2n) is 3.38. The van der Waals surface area contributed by atoms with Crippen molar-refractivity contribution < 1.29 is 19.0 Å². The van der Waals surface area contributed by atoms with E-state index < -0.39 is 18.4 Å². The number of halogens is 1. The molecule has 2 heterocycles. The first-order chi connectivity index (χ1) is 8.56. The summed E-state index contributed by atoms with van der Waals surface area (Å²) in [6.07, 6.45) is 1.30. The van der Waals surface area contributed by atoms with Gasteiger partial charge in [0.25, 0.3) is 0 Å². The Kier molecular flexibility index (Phi) is 3.18. The van der Waals surface area contributed by atoms with Crippen LogP contribution in [0.3, 0.4) is 0 Å². The van der Waals surface area contributed by atoms with Crippen molar-refractivity contribution in [3.63, 3.8) is 0 Å². The van der Waals surface area contributed by atoms with Gasteiger partial charge in [0.1, 0.15) is 11.5 Å². The number of rotatable bonds is 4. The molecule has 1 N–H and O–H groups in total. The number of hydrogen-bond donors (Lipinski definition) is 1. The van der Waals surface area contributed by atoms with Crippen LogP contribution in [0.25, 0.3) is 11.5 Å². The van der Waals surface area contributed by atoms with Gasteiger partial charge in [-0.1, -0.05) is 0 Å². The summed E-state index contributed by atoms with van der Waals surface area (Å²) in [5.74, 6) is -1.29. The van der Waals surface area contributed by atoms with Gasteiger partial charge in [-0.3, -0.25) is 4.98 Å². The summed E-state index contributed by atoms with van der Waals surface area (Å²) in [7, 11) is 1.57. The highest BCUT2D eigenvalue weighted by Gasteiger charge is 2.13. The van der Waals surface area contributed by atoms with Crippen LogP contribution in [0, 0.1) is 5.82 Å². The highest BCUT2D eigenvalue weighted by atomic mass is 19.1. The van der Waals surface area contributed by atoms with Crippen molar-refractivity contribution >= 4 is 5.97 Å². The number of carboxylic acid groups (broad SMARTS) is 1. The van der Waals surface area contributed by atoms with Crippen LogP contribution in [0.5, 0.6) is 6.01 Å². The van der Waals surface area contributed by atoms with E-state index in [1.54, 1.807) is 7.05 Å². The summed E-state index contributed by atoms with van der Waals surface area (Å²) >= 11 is 0. The monoisotopic (exact) mass is 252 g/mol. The van der Waals surface area contributed by atoms with Crippen molar-refractivity contribution in [1.82, 2.24) is 19.7 Å². The number of ether oxygens (including phenoxy) is 1. The first-order valence-corrected chi connectivity index (χ1v) is 4.94. The zero-order chi connectivity index (χ0) is 13.1. The molecule has 0 fully saturated rings. The normalized spacial score (nSPS) is 10.3. The molecule has 0 unspecified atom stereocenters. The number of pyridine rings is 1. The SMILES string of the molecule is Cn1nc(OCC(=O)O)nc1-c1cc(F)ccn1. The summed E-state index contributed by atoms with van der Waals surface area (Å²) in [5.41, 5.74) is 0.287. The summed E-state index contributed by atoms with van der Waals surface area (Å²) in [4.78, 5) is 18.2. The van der Waals surface area contributed by atoms with Crippen molar-refractivity contribution in [1.29, 1.82) is 0 Å². The van der Waals surface area contributed by atoms with Crippen molar-refractivity contribution in [2.75, 3.05) is 6.61 Å². The summed E-state index contributed by atoms with van der Waals surface area (Å²) < 4.78 is 19.2. The molecule has 0 spiro atoms. The highest BCUT2D eigenvalue weighted by molar-refractivity contribution is 5.68. The van der Waals surface area contributed by atoms with Gasteiger partial charge in [0.2, 0.25) is 0 Å². The molecule has 0 saturated heterocycles. The largest absolute Gasteiger partial charge is 0.479 e. The molecular weight excluding hydrogens is 243 g/mol. The van der Waals surface area contributed by atoms with E-state index in [9.17, 15) is 9.18 Å². The van der Waals surface area contributed by atoms with Gasteiger partial charge in [-0.05, 0) is 6.07 Å². The van der Waals surface area contributed by atoms with Gasteiger partial charge in [-0.2, -0.15) is 4.98 Å². The van der Waals surface area contributed by atoms with Gasteiger partial charge in [0.05, 0.1) is 0 Å². The second kappa shape index (κ2) is 4.78. The third-order valence-corrected chi connectivity index (χ3v) is 2.02. The maximum atomic E-state index is 13.0. The van der Waals surface area contributed by atoms with E-state index in [0.717, 1.165) is 0 Å². The van der Waals surface area contributed by atoms with Crippen molar-refractivity contribution in [3.8, 4) is 17.5 Å². The van der Waals surface area contributed by atoms with Crippen LogP contribution in [0.4, 0.5) is 4.39 Å². The molecule has 7 nitrogen and oxygen atoms in total. The van der Waals surface area contributed by atoms with E-state index in [2.05, 4.69) is 15.1 Å². The number of carbonyl (C=O) groups is 1. The van der Waals surface area contributed by atoms with Crippen LogP contribution in [0.1, 0.15) is 0 Å². The first-order valence-electron chi connectivity index (χ1n) is 4.94. The molecule has 0 atom stereocenters. The zero-order valence-electron chi connectivity index (χ0n) is 9.37. The fraction of sp³-hybridized carbons (Fsp3) is 0.200. The molecule has 0 bridgehead atoms. The van der Waals surface area contributed by atoms with Crippen LogP contribution >= 0.6 is 0 Å². The molecule has 94 valence electrons. The summed E-state index contributed by atoms with van der Waals surface area (Å²) in [6.45, 7) is -0.542. The highest BCUT2D eigenvalue weighted by Crippen LogP contribution is 2.17.